The summed E-state index contributed by atoms with van der Waals surface area (Å²) in [6.07, 6.45) is 0.923. The Labute approximate surface area is 168 Å². The number of ether oxygens (including phenoxy) is 2. The highest BCUT2D eigenvalue weighted by Gasteiger charge is 2.12. The second kappa shape index (κ2) is 8.97. The predicted molar refractivity (Wildman–Crippen MR) is 112 cm³/mol. The van der Waals surface area contributed by atoms with Crippen LogP contribution in [0.5, 0.6) is 5.75 Å². The maximum Gasteiger partial charge on any atom is 0.119 e. The van der Waals surface area contributed by atoms with E-state index in [-0.39, 0.29) is 0 Å². The Kier molecular flexibility index (Phi) is 6.19. The molecule has 0 amide bonds. The summed E-state index contributed by atoms with van der Waals surface area (Å²) < 4.78 is 11.3. The van der Waals surface area contributed by atoms with Crippen LogP contribution < -0.4 is 4.74 Å². The molecule has 0 radical (unpaired) electrons. The van der Waals surface area contributed by atoms with E-state index in [9.17, 15) is 0 Å². The molecule has 1 fully saturated rings. The smallest absolute Gasteiger partial charge is 0.119 e. The first-order valence-corrected chi connectivity index (χ1v) is 11.0. The van der Waals surface area contributed by atoms with Crippen LogP contribution in [0.25, 0.3) is 11.3 Å². The highest BCUT2D eigenvalue weighted by atomic mass is 32.1. The molecule has 1 aromatic carbocycles. The third kappa shape index (κ3) is 4.96. The maximum absolute atomic E-state index is 5.91. The van der Waals surface area contributed by atoms with Gasteiger partial charge in [-0.15, -0.1) is 22.7 Å². The molecule has 0 unspecified atom stereocenters. The summed E-state index contributed by atoms with van der Waals surface area (Å²) in [6, 6.07) is 12.6. The molecule has 0 bridgehead atoms. The van der Waals surface area contributed by atoms with E-state index in [1.54, 1.807) is 22.7 Å². The Morgan fingerprint density at radius 1 is 1.15 bits per heavy atom. The molecule has 6 heteroatoms. The van der Waals surface area contributed by atoms with Crippen molar-refractivity contribution in [3.8, 4) is 17.0 Å². The molecule has 1 saturated heterocycles. The molecular formula is C21H24N2O2S2. The molecule has 2 aromatic heterocycles. The number of thiazole rings is 1. The molecule has 1 aliphatic heterocycles. The minimum Gasteiger partial charge on any atom is -0.492 e. The first-order valence-electron chi connectivity index (χ1n) is 9.30. The second-order valence-corrected chi connectivity index (χ2v) is 8.92. The molecular weight excluding hydrogens is 376 g/mol. The summed E-state index contributed by atoms with van der Waals surface area (Å²) in [5.41, 5.74) is 2.24. The van der Waals surface area contributed by atoms with Crippen molar-refractivity contribution in [3.63, 3.8) is 0 Å². The van der Waals surface area contributed by atoms with Crippen molar-refractivity contribution < 1.29 is 9.47 Å². The van der Waals surface area contributed by atoms with E-state index in [1.165, 1.54) is 14.8 Å². The van der Waals surface area contributed by atoms with Crippen LogP contribution in [-0.2, 0) is 11.2 Å². The van der Waals surface area contributed by atoms with Gasteiger partial charge in [-0.25, -0.2) is 4.98 Å². The molecule has 1 aliphatic rings. The number of hydrogen-bond acceptors (Lipinski definition) is 6. The van der Waals surface area contributed by atoms with Crippen molar-refractivity contribution >= 4 is 22.7 Å². The van der Waals surface area contributed by atoms with Gasteiger partial charge in [-0.3, -0.25) is 4.90 Å². The second-order valence-electron chi connectivity index (χ2n) is 6.60. The van der Waals surface area contributed by atoms with Crippen molar-refractivity contribution in [2.45, 2.75) is 13.3 Å². The minimum absolute atomic E-state index is 0.708. The van der Waals surface area contributed by atoms with Crippen molar-refractivity contribution in [2.24, 2.45) is 0 Å². The number of hydrogen-bond donors (Lipinski definition) is 0. The fraction of sp³-hybridized carbons (Fsp3) is 0.381. The Bertz CT molecular complexity index is 838. The summed E-state index contributed by atoms with van der Waals surface area (Å²) >= 11 is 3.58. The van der Waals surface area contributed by atoms with Crippen LogP contribution >= 0.6 is 22.7 Å². The van der Waals surface area contributed by atoms with Crippen LogP contribution in [0.3, 0.4) is 0 Å². The van der Waals surface area contributed by atoms with Gasteiger partial charge in [0.2, 0.25) is 0 Å². The Morgan fingerprint density at radius 3 is 2.70 bits per heavy atom. The normalized spacial score (nSPS) is 15.1. The Hall–Kier alpha value is -1.73. The van der Waals surface area contributed by atoms with Gasteiger partial charge in [-0.05, 0) is 42.6 Å². The number of thiophene rings is 1. The average molecular weight is 401 g/mol. The predicted octanol–water partition coefficient (Wildman–Crippen LogP) is 4.48. The lowest BCUT2D eigenvalue weighted by atomic mass is 10.1. The van der Waals surface area contributed by atoms with Gasteiger partial charge in [0.1, 0.15) is 12.4 Å². The molecule has 27 heavy (non-hydrogen) atoms. The Balaban J connectivity index is 1.35. The van der Waals surface area contributed by atoms with Crippen LogP contribution in [0.2, 0.25) is 0 Å². The first kappa shape index (κ1) is 18.6. The number of benzene rings is 1. The standard InChI is InChI=1S/C21H24N2O2S2/c1-16-21(22-20(27-16)15-19-3-2-14-26-19)17-4-6-18(7-5-17)25-13-10-23-8-11-24-12-9-23/h2-7,14H,8-13,15H2,1H3. The van der Waals surface area contributed by atoms with Crippen LogP contribution in [0.4, 0.5) is 0 Å². The van der Waals surface area contributed by atoms with E-state index in [0.29, 0.717) is 6.61 Å². The lowest BCUT2D eigenvalue weighted by Gasteiger charge is -2.26. The van der Waals surface area contributed by atoms with Crippen LogP contribution in [0, 0.1) is 6.92 Å². The minimum atomic E-state index is 0.708. The van der Waals surface area contributed by atoms with Crippen molar-refractivity contribution in [1.29, 1.82) is 0 Å². The zero-order chi connectivity index (χ0) is 18.5. The molecule has 0 spiro atoms. The van der Waals surface area contributed by atoms with Crippen molar-refractivity contribution in [1.82, 2.24) is 9.88 Å². The first-order chi connectivity index (χ1) is 13.3. The summed E-state index contributed by atoms with van der Waals surface area (Å²) in [6.45, 7) is 7.46. The van der Waals surface area contributed by atoms with Gasteiger partial charge in [0.05, 0.1) is 23.9 Å². The van der Waals surface area contributed by atoms with Crippen LogP contribution in [0.1, 0.15) is 14.8 Å². The molecule has 3 heterocycles. The fourth-order valence-electron chi connectivity index (χ4n) is 3.18. The van der Waals surface area contributed by atoms with Crippen molar-refractivity contribution in [2.75, 3.05) is 39.5 Å². The van der Waals surface area contributed by atoms with E-state index in [4.69, 9.17) is 14.5 Å². The van der Waals surface area contributed by atoms with Crippen LogP contribution in [0.15, 0.2) is 41.8 Å². The number of rotatable bonds is 7. The van der Waals surface area contributed by atoms with Crippen molar-refractivity contribution in [3.05, 3.63) is 56.5 Å². The van der Waals surface area contributed by atoms with E-state index < -0.39 is 0 Å². The quantitative estimate of drug-likeness (QED) is 0.586. The third-order valence-electron chi connectivity index (χ3n) is 4.65. The molecule has 4 nitrogen and oxygen atoms in total. The van der Waals surface area contributed by atoms with Gasteiger partial charge in [-0.1, -0.05) is 6.07 Å². The van der Waals surface area contributed by atoms with Gasteiger partial charge in [0, 0.05) is 41.4 Å². The highest BCUT2D eigenvalue weighted by Crippen LogP contribution is 2.30. The zero-order valence-corrected chi connectivity index (χ0v) is 17.2. The third-order valence-corrected chi connectivity index (χ3v) is 6.50. The average Bonchev–Trinajstić information content (AvgIpc) is 3.33. The maximum atomic E-state index is 5.91. The molecule has 3 aromatic rings. The molecule has 142 valence electrons. The van der Waals surface area contributed by atoms with E-state index in [2.05, 4.69) is 41.5 Å². The molecule has 0 N–H and O–H groups in total. The largest absolute Gasteiger partial charge is 0.492 e. The number of nitrogens with zero attached hydrogens (tertiary/aromatic N) is 2. The molecule has 0 atom stereocenters. The van der Waals surface area contributed by atoms with E-state index >= 15 is 0 Å². The number of morpholine rings is 1. The lowest BCUT2D eigenvalue weighted by molar-refractivity contribution is 0.0322. The van der Waals surface area contributed by atoms with Gasteiger partial charge in [0.15, 0.2) is 0 Å². The summed E-state index contributed by atoms with van der Waals surface area (Å²) in [7, 11) is 0. The zero-order valence-electron chi connectivity index (χ0n) is 15.5. The van der Waals surface area contributed by atoms with Gasteiger partial charge >= 0.3 is 0 Å². The van der Waals surface area contributed by atoms with Gasteiger partial charge in [-0.2, -0.15) is 0 Å². The number of aryl methyl sites for hydroxylation is 1. The SMILES string of the molecule is Cc1sc(Cc2cccs2)nc1-c1ccc(OCCN2CCOCC2)cc1. The van der Waals surface area contributed by atoms with E-state index in [0.717, 1.165) is 56.3 Å². The molecule has 4 rings (SSSR count). The topological polar surface area (TPSA) is 34.6 Å². The summed E-state index contributed by atoms with van der Waals surface area (Å²) in [4.78, 5) is 9.88. The molecule has 0 aliphatic carbocycles. The van der Waals surface area contributed by atoms with E-state index in [1.807, 2.05) is 12.1 Å². The fourth-order valence-corrected chi connectivity index (χ4v) is 4.96. The number of aromatic nitrogens is 1. The lowest BCUT2D eigenvalue weighted by Crippen LogP contribution is -2.38. The Morgan fingerprint density at radius 2 is 1.96 bits per heavy atom. The monoisotopic (exact) mass is 400 g/mol. The summed E-state index contributed by atoms with van der Waals surface area (Å²) in [5, 5.41) is 3.30. The highest BCUT2D eigenvalue weighted by molar-refractivity contribution is 7.12. The van der Waals surface area contributed by atoms with Gasteiger partial charge in [0.25, 0.3) is 0 Å². The van der Waals surface area contributed by atoms with Gasteiger partial charge < -0.3 is 9.47 Å². The molecule has 0 saturated carbocycles. The summed E-state index contributed by atoms with van der Waals surface area (Å²) in [5.74, 6) is 0.915. The van der Waals surface area contributed by atoms with Crippen LogP contribution in [-0.4, -0.2) is 49.3 Å².